The number of benzene rings is 2. The fourth-order valence-corrected chi connectivity index (χ4v) is 5.04. The number of hydrogen-bond donors (Lipinski definition) is 1. The molecule has 5 rings (SSSR count). The van der Waals surface area contributed by atoms with Crippen LogP contribution in [0.3, 0.4) is 0 Å². The van der Waals surface area contributed by atoms with Crippen LogP contribution < -0.4 is 10.2 Å². The number of furan rings is 1. The van der Waals surface area contributed by atoms with E-state index >= 15 is 0 Å². The first kappa shape index (κ1) is 21.8. The number of anilines is 1. The highest BCUT2D eigenvalue weighted by molar-refractivity contribution is 9.10. The first-order valence-electron chi connectivity index (χ1n) is 10.5. The predicted octanol–water partition coefficient (Wildman–Crippen LogP) is 7.04. The molecule has 7 heteroatoms. The number of aryl methyl sites for hydroxylation is 2. The van der Waals surface area contributed by atoms with Crippen molar-refractivity contribution in [2.24, 2.45) is 0 Å². The van der Waals surface area contributed by atoms with Crippen LogP contribution in [0, 0.1) is 19.7 Å². The molecule has 0 unspecified atom stereocenters. The molecule has 33 heavy (non-hydrogen) atoms. The first-order valence-corrected chi connectivity index (χ1v) is 11.7. The van der Waals surface area contributed by atoms with Crippen molar-refractivity contribution in [2.75, 3.05) is 4.90 Å². The molecule has 1 saturated heterocycles. The number of halogens is 2. The highest BCUT2D eigenvalue weighted by Gasteiger charge is 2.42. The van der Waals surface area contributed by atoms with Gasteiger partial charge in [0.1, 0.15) is 23.4 Å². The SMILES string of the molecule is Cc1cc(C)cc(N2C(=S)N[C@@H](c3ccccn3)[C@@H]2c2ccc(-c3ccc(Br)cc3F)o2)c1. The van der Waals surface area contributed by atoms with Crippen molar-refractivity contribution in [1.29, 1.82) is 0 Å². The Labute approximate surface area is 205 Å². The Kier molecular flexibility index (Phi) is 5.76. The Bertz CT molecular complexity index is 1320. The third-order valence-corrected chi connectivity index (χ3v) is 6.51. The standard InChI is InChI=1S/C26H21BrFN3OS/c1-15-11-16(2)13-18(12-15)31-25(24(30-26(31)33)21-5-3-4-10-29-21)23-9-8-22(32-23)19-7-6-17(27)14-20(19)28/h3-14,24-25H,1-2H3,(H,30,33)/t24-,25-/m0/s1. The van der Waals surface area contributed by atoms with Gasteiger partial charge in [-0.25, -0.2) is 4.39 Å². The number of hydrogen-bond acceptors (Lipinski definition) is 3. The Morgan fingerprint density at radius 3 is 2.52 bits per heavy atom. The van der Waals surface area contributed by atoms with Gasteiger partial charge >= 0.3 is 0 Å². The maximum Gasteiger partial charge on any atom is 0.174 e. The molecule has 3 heterocycles. The van der Waals surface area contributed by atoms with Crippen LogP contribution in [0.1, 0.15) is 34.7 Å². The van der Waals surface area contributed by atoms with Crippen molar-refractivity contribution in [3.8, 4) is 11.3 Å². The molecule has 2 aromatic heterocycles. The highest BCUT2D eigenvalue weighted by Crippen LogP contribution is 2.43. The number of aromatic nitrogens is 1. The van der Waals surface area contributed by atoms with E-state index in [1.54, 1.807) is 24.4 Å². The molecule has 1 N–H and O–H groups in total. The van der Waals surface area contributed by atoms with Crippen LogP contribution in [-0.4, -0.2) is 10.1 Å². The summed E-state index contributed by atoms with van der Waals surface area (Å²) in [6.07, 6.45) is 1.77. The Balaban J connectivity index is 1.62. The van der Waals surface area contributed by atoms with Crippen molar-refractivity contribution in [2.45, 2.75) is 25.9 Å². The number of pyridine rings is 1. The lowest BCUT2D eigenvalue weighted by Crippen LogP contribution is -2.29. The molecular formula is C26H21BrFN3OS. The van der Waals surface area contributed by atoms with Crippen LogP contribution in [-0.2, 0) is 0 Å². The predicted molar refractivity (Wildman–Crippen MR) is 136 cm³/mol. The molecule has 1 fully saturated rings. The van der Waals surface area contributed by atoms with Crippen molar-refractivity contribution >= 4 is 38.9 Å². The summed E-state index contributed by atoms with van der Waals surface area (Å²) in [5, 5.41) is 4.02. The van der Waals surface area contributed by atoms with Crippen LogP contribution in [0.25, 0.3) is 11.3 Å². The number of nitrogens with zero attached hydrogens (tertiary/aromatic N) is 2. The molecule has 1 aliphatic rings. The van der Waals surface area contributed by atoms with E-state index in [1.807, 2.05) is 24.3 Å². The van der Waals surface area contributed by atoms with Gasteiger partial charge in [0, 0.05) is 16.4 Å². The molecule has 4 aromatic rings. The number of nitrogens with one attached hydrogen (secondary N) is 1. The summed E-state index contributed by atoms with van der Waals surface area (Å²) >= 11 is 9.09. The second kappa shape index (κ2) is 8.72. The average Bonchev–Trinajstić information content (AvgIpc) is 3.38. The van der Waals surface area contributed by atoms with E-state index in [4.69, 9.17) is 16.6 Å². The lowest BCUT2D eigenvalue weighted by molar-refractivity contribution is 0.438. The Hall–Kier alpha value is -3.03. The quantitative estimate of drug-likeness (QED) is 0.291. The average molecular weight is 522 g/mol. The van der Waals surface area contributed by atoms with E-state index < -0.39 is 0 Å². The highest BCUT2D eigenvalue weighted by atomic mass is 79.9. The molecule has 0 amide bonds. The van der Waals surface area contributed by atoms with Gasteiger partial charge in [-0.1, -0.05) is 28.1 Å². The van der Waals surface area contributed by atoms with E-state index in [0.717, 1.165) is 22.5 Å². The zero-order chi connectivity index (χ0) is 23.1. The molecule has 4 nitrogen and oxygen atoms in total. The molecule has 2 atom stereocenters. The molecule has 2 aromatic carbocycles. The second-order valence-corrected chi connectivity index (χ2v) is 9.47. The van der Waals surface area contributed by atoms with Crippen molar-refractivity contribution in [1.82, 2.24) is 10.3 Å². The largest absolute Gasteiger partial charge is 0.459 e. The summed E-state index contributed by atoms with van der Waals surface area (Å²) in [5.41, 5.74) is 4.52. The summed E-state index contributed by atoms with van der Waals surface area (Å²) in [5.74, 6) is 0.792. The molecule has 0 saturated carbocycles. The normalized spacial score (nSPS) is 17.9. The van der Waals surface area contributed by atoms with Crippen LogP contribution in [0.4, 0.5) is 10.1 Å². The Morgan fingerprint density at radius 1 is 1.03 bits per heavy atom. The van der Waals surface area contributed by atoms with Gasteiger partial charge in [-0.15, -0.1) is 0 Å². The number of thiocarbonyl (C=S) groups is 1. The van der Waals surface area contributed by atoms with Gasteiger partial charge in [-0.2, -0.15) is 0 Å². The van der Waals surface area contributed by atoms with Gasteiger partial charge in [-0.3, -0.25) is 4.98 Å². The van der Waals surface area contributed by atoms with Gasteiger partial charge in [0.25, 0.3) is 0 Å². The second-order valence-electron chi connectivity index (χ2n) is 8.17. The number of rotatable bonds is 4. The van der Waals surface area contributed by atoms with Crippen LogP contribution in [0.5, 0.6) is 0 Å². The maximum atomic E-state index is 14.6. The zero-order valence-corrected chi connectivity index (χ0v) is 20.5. The molecule has 0 spiro atoms. The molecular weight excluding hydrogens is 501 g/mol. The van der Waals surface area contributed by atoms with Gasteiger partial charge < -0.3 is 14.6 Å². The third kappa shape index (κ3) is 4.18. The lowest BCUT2D eigenvalue weighted by atomic mass is 10.0. The van der Waals surface area contributed by atoms with Crippen molar-refractivity contribution < 1.29 is 8.81 Å². The van der Waals surface area contributed by atoms with Crippen LogP contribution >= 0.6 is 28.1 Å². The first-order chi connectivity index (χ1) is 15.9. The summed E-state index contributed by atoms with van der Waals surface area (Å²) in [4.78, 5) is 6.63. The summed E-state index contributed by atoms with van der Waals surface area (Å²) < 4.78 is 21.6. The van der Waals surface area contributed by atoms with E-state index in [0.29, 0.717) is 26.7 Å². The van der Waals surface area contributed by atoms with E-state index in [2.05, 4.69) is 63.2 Å². The van der Waals surface area contributed by atoms with Crippen LogP contribution in [0.15, 0.2) is 81.8 Å². The maximum absolute atomic E-state index is 14.6. The summed E-state index contributed by atoms with van der Waals surface area (Å²) in [7, 11) is 0. The minimum atomic E-state index is -0.349. The summed E-state index contributed by atoms with van der Waals surface area (Å²) in [6, 6.07) is 20.3. The van der Waals surface area contributed by atoms with E-state index in [1.165, 1.54) is 6.07 Å². The summed E-state index contributed by atoms with van der Waals surface area (Å²) in [6.45, 7) is 4.13. The fraction of sp³-hybridized carbons (Fsp3) is 0.154. The zero-order valence-electron chi connectivity index (χ0n) is 18.0. The van der Waals surface area contributed by atoms with Gasteiger partial charge in [0.05, 0.1) is 17.3 Å². The molecule has 1 aliphatic heterocycles. The minimum absolute atomic E-state index is 0.228. The topological polar surface area (TPSA) is 41.3 Å². The van der Waals surface area contributed by atoms with Crippen LogP contribution in [0.2, 0.25) is 0 Å². The van der Waals surface area contributed by atoms with E-state index in [-0.39, 0.29) is 17.9 Å². The van der Waals surface area contributed by atoms with Gasteiger partial charge in [0.15, 0.2) is 5.11 Å². The molecule has 0 radical (unpaired) electrons. The minimum Gasteiger partial charge on any atom is -0.459 e. The molecule has 0 aliphatic carbocycles. The monoisotopic (exact) mass is 521 g/mol. The van der Waals surface area contributed by atoms with E-state index in [9.17, 15) is 4.39 Å². The smallest absolute Gasteiger partial charge is 0.174 e. The Morgan fingerprint density at radius 2 is 1.82 bits per heavy atom. The lowest BCUT2D eigenvalue weighted by Gasteiger charge is -2.26. The van der Waals surface area contributed by atoms with Gasteiger partial charge in [0.2, 0.25) is 0 Å². The van der Waals surface area contributed by atoms with Crippen molar-refractivity contribution in [3.63, 3.8) is 0 Å². The molecule has 0 bridgehead atoms. The van der Waals surface area contributed by atoms with Crippen molar-refractivity contribution in [3.05, 3.63) is 106 Å². The molecule has 166 valence electrons. The third-order valence-electron chi connectivity index (χ3n) is 5.70. The fourth-order valence-electron chi connectivity index (χ4n) is 4.36. The van der Waals surface area contributed by atoms with Gasteiger partial charge in [-0.05, 0) is 91.8 Å².